The van der Waals surface area contributed by atoms with Crippen LogP contribution in [0.4, 0.5) is 4.39 Å². The van der Waals surface area contributed by atoms with Gasteiger partial charge in [0.1, 0.15) is 5.82 Å². The molecule has 4 heteroatoms. The first-order chi connectivity index (χ1) is 8.79. The summed E-state index contributed by atoms with van der Waals surface area (Å²) >= 11 is 0. The van der Waals surface area contributed by atoms with Crippen LogP contribution in [0.5, 0.6) is 0 Å². The molecule has 1 aliphatic rings. The van der Waals surface area contributed by atoms with Crippen molar-refractivity contribution in [3.05, 3.63) is 35.6 Å². The fourth-order valence-electron chi connectivity index (χ4n) is 2.63. The number of benzene rings is 1. The first-order valence-corrected chi connectivity index (χ1v) is 6.38. The van der Waals surface area contributed by atoms with Gasteiger partial charge in [0.05, 0.1) is 5.92 Å². The van der Waals surface area contributed by atoms with Crippen LogP contribution >= 0.6 is 0 Å². The van der Waals surface area contributed by atoms with E-state index in [1.54, 1.807) is 12.1 Å². The van der Waals surface area contributed by atoms with E-state index in [-0.39, 0.29) is 29.0 Å². The zero-order valence-corrected chi connectivity index (χ0v) is 11.4. The van der Waals surface area contributed by atoms with Gasteiger partial charge in [0, 0.05) is 6.42 Å². The monoisotopic (exact) mass is 263 g/mol. The summed E-state index contributed by atoms with van der Waals surface area (Å²) in [6.07, 6.45) is 0.317. The van der Waals surface area contributed by atoms with Gasteiger partial charge in [0.25, 0.3) is 0 Å². The SMILES string of the molecule is CC(C)(C)C1CC(=O)NC(=O)C1c1ccc(F)cc1. The molecule has 3 nitrogen and oxygen atoms in total. The van der Waals surface area contributed by atoms with Crippen molar-refractivity contribution < 1.29 is 14.0 Å². The van der Waals surface area contributed by atoms with Crippen LogP contribution in [0.15, 0.2) is 24.3 Å². The van der Waals surface area contributed by atoms with Crippen LogP contribution in [0, 0.1) is 17.2 Å². The smallest absolute Gasteiger partial charge is 0.234 e. The van der Waals surface area contributed by atoms with Gasteiger partial charge in [0.2, 0.25) is 11.8 Å². The van der Waals surface area contributed by atoms with Crippen molar-refractivity contribution in [2.45, 2.75) is 33.1 Å². The summed E-state index contributed by atoms with van der Waals surface area (Å²) in [5.74, 6) is -1.34. The predicted octanol–water partition coefficient (Wildman–Crippen LogP) is 2.62. The highest BCUT2D eigenvalue weighted by Crippen LogP contribution is 2.42. The lowest BCUT2D eigenvalue weighted by Crippen LogP contribution is -2.48. The van der Waals surface area contributed by atoms with Crippen molar-refractivity contribution >= 4 is 11.8 Å². The molecule has 2 atom stereocenters. The number of imide groups is 1. The maximum atomic E-state index is 13.0. The molecular weight excluding hydrogens is 245 g/mol. The highest BCUT2D eigenvalue weighted by molar-refractivity contribution is 6.01. The summed E-state index contributed by atoms with van der Waals surface area (Å²) in [5, 5.41) is 2.37. The van der Waals surface area contributed by atoms with Crippen molar-refractivity contribution in [2.24, 2.45) is 11.3 Å². The molecule has 1 heterocycles. The topological polar surface area (TPSA) is 46.2 Å². The molecule has 0 spiro atoms. The van der Waals surface area contributed by atoms with Gasteiger partial charge in [-0.2, -0.15) is 0 Å². The Labute approximate surface area is 112 Å². The van der Waals surface area contributed by atoms with E-state index >= 15 is 0 Å². The second-order valence-corrected chi connectivity index (χ2v) is 6.12. The van der Waals surface area contributed by atoms with Crippen LogP contribution in [0.25, 0.3) is 0 Å². The van der Waals surface area contributed by atoms with Crippen molar-refractivity contribution in [1.29, 1.82) is 0 Å². The number of hydrogen-bond donors (Lipinski definition) is 1. The lowest BCUT2D eigenvalue weighted by Gasteiger charge is -2.39. The van der Waals surface area contributed by atoms with Gasteiger partial charge in [-0.25, -0.2) is 4.39 Å². The third-order valence-corrected chi connectivity index (χ3v) is 3.69. The highest BCUT2D eigenvalue weighted by atomic mass is 19.1. The number of hydrogen-bond acceptors (Lipinski definition) is 2. The van der Waals surface area contributed by atoms with Gasteiger partial charge >= 0.3 is 0 Å². The van der Waals surface area contributed by atoms with E-state index in [0.29, 0.717) is 6.42 Å². The highest BCUT2D eigenvalue weighted by Gasteiger charge is 2.42. The molecule has 1 saturated heterocycles. The number of nitrogens with one attached hydrogen (secondary N) is 1. The van der Waals surface area contributed by atoms with Gasteiger partial charge in [-0.1, -0.05) is 32.9 Å². The summed E-state index contributed by atoms with van der Waals surface area (Å²) in [6, 6.07) is 5.93. The average Bonchev–Trinajstić information content (AvgIpc) is 2.28. The number of carbonyl (C=O) groups is 2. The second-order valence-electron chi connectivity index (χ2n) is 6.12. The van der Waals surface area contributed by atoms with Gasteiger partial charge in [-0.15, -0.1) is 0 Å². The standard InChI is InChI=1S/C15H18FNO2/c1-15(2,3)11-8-12(18)17-14(19)13(11)9-4-6-10(16)7-5-9/h4-7,11,13H,8H2,1-3H3,(H,17,18,19). The van der Waals surface area contributed by atoms with Crippen LogP contribution < -0.4 is 5.32 Å². The molecule has 102 valence electrons. The lowest BCUT2D eigenvalue weighted by atomic mass is 9.67. The molecule has 0 bridgehead atoms. The number of halogens is 1. The summed E-state index contributed by atoms with van der Waals surface area (Å²) in [6.45, 7) is 6.04. The zero-order chi connectivity index (χ0) is 14.2. The van der Waals surface area contributed by atoms with E-state index < -0.39 is 5.92 Å². The molecule has 0 aliphatic carbocycles. The van der Waals surface area contributed by atoms with Crippen LogP contribution in [0.1, 0.15) is 38.7 Å². The van der Waals surface area contributed by atoms with Crippen LogP contribution in [0.3, 0.4) is 0 Å². The lowest BCUT2D eigenvalue weighted by molar-refractivity contribution is -0.138. The Morgan fingerprint density at radius 2 is 1.74 bits per heavy atom. The molecule has 1 aromatic carbocycles. The maximum Gasteiger partial charge on any atom is 0.234 e. The van der Waals surface area contributed by atoms with Crippen molar-refractivity contribution in [3.8, 4) is 0 Å². The molecule has 1 aliphatic heterocycles. The van der Waals surface area contributed by atoms with E-state index in [1.165, 1.54) is 12.1 Å². The van der Waals surface area contributed by atoms with Gasteiger partial charge in [-0.3, -0.25) is 14.9 Å². The van der Waals surface area contributed by atoms with Crippen molar-refractivity contribution in [3.63, 3.8) is 0 Å². The summed E-state index contributed by atoms with van der Waals surface area (Å²) in [7, 11) is 0. The van der Waals surface area contributed by atoms with E-state index in [4.69, 9.17) is 0 Å². The zero-order valence-electron chi connectivity index (χ0n) is 11.4. The quantitative estimate of drug-likeness (QED) is 0.792. The normalized spacial score (nSPS) is 24.2. The average molecular weight is 263 g/mol. The van der Waals surface area contributed by atoms with Gasteiger partial charge in [-0.05, 0) is 29.0 Å². The Balaban J connectivity index is 2.41. The molecule has 2 amide bonds. The van der Waals surface area contributed by atoms with Gasteiger partial charge in [0.15, 0.2) is 0 Å². The fourth-order valence-corrected chi connectivity index (χ4v) is 2.63. The minimum atomic E-state index is -0.404. The van der Waals surface area contributed by atoms with Crippen LogP contribution in [0.2, 0.25) is 0 Å². The predicted molar refractivity (Wildman–Crippen MR) is 69.9 cm³/mol. The summed E-state index contributed by atoms with van der Waals surface area (Å²) in [4.78, 5) is 23.7. The Bertz CT molecular complexity index is 502. The number of piperidine rings is 1. The largest absolute Gasteiger partial charge is 0.296 e. The van der Waals surface area contributed by atoms with E-state index in [0.717, 1.165) is 5.56 Å². The molecule has 2 unspecified atom stereocenters. The number of amides is 2. The first kappa shape index (κ1) is 13.7. The van der Waals surface area contributed by atoms with Crippen LogP contribution in [-0.4, -0.2) is 11.8 Å². The van der Waals surface area contributed by atoms with E-state index in [2.05, 4.69) is 5.32 Å². The molecule has 0 aromatic heterocycles. The summed E-state index contributed by atoms with van der Waals surface area (Å²) < 4.78 is 13.0. The molecule has 19 heavy (non-hydrogen) atoms. The number of rotatable bonds is 1. The fraction of sp³-hybridized carbons (Fsp3) is 0.467. The molecule has 1 fully saturated rings. The van der Waals surface area contributed by atoms with Crippen LogP contribution in [-0.2, 0) is 9.59 Å². The molecule has 2 rings (SSSR count). The minimum Gasteiger partial charge on any atom is -0.296 e. The Morgan fingerprint density at radius 1 is 1.16 bits per heavy atom. The summed E-state index contributed by atoms with van der Waals surface area (Å²) in [5.41, 5.74) is 0.582. The third kappa shape index (κ3) is 2.83. The molecule has 1 N–H and O–H groups in total. The third-order valence-electron chi connectivity index (χ3n) is 3.69. The van der Waals surface area contributed by atoms with Crippen molar-refractivity contribution in [1.82, 2.24) is 5.32 Å². The molecule has 1 aromatic rings. The molecular formula is C15H18FNO2. The Hall–Kier alpha value is -1.71. The van der Waals surface area contributed by atoms with E-state index in [1.807, 2.05) is 20.8 Å². The molecule has 0 saturated carbocycles. The Kier molecular flexibility index (Phi) is 3.43. The minimum absolute atomic E-state index is 0.0841. The van der Waals surface area contributed by atoms with Crippen molar-refractivity contribution in [2.75, 3.05) is 0 Å². The first-order valence-electron chi connectivity index (χ1n) is 6.38. The van der Waals surface area contributed by atoms with Gasteiger partial charge < -0.3 is 0 Å². The van der Waals surface area contributed by atoms with E-state index in [9.17, 15) is 14.0 Å². The second kappa shape index (κ2) is 4.76. The maximum absolute atomic E-state index is 13.0. The number of carbonyl (C=O) groups excluding carboxylic acids is 2. The molecule has 0 radical (unpaired) electrons. The Morgan fingerprint density at radius 3 is 2.26 bits per heavy atom.